The molecule has 0 atom stereocenters. The molecule has 0 bridgehead atoms. The van der Waals surface area contributed by atoms with Crippen LogP contribution < -0.4 is 5.32 Å². The second-order valence-corrected chi connectivity index (χ2v) is 9.63. The van der Waals surface area contributed by atoms with Crippen LogP contribution in [0.1, 0.15) is 23.0 Å². The Balaban J connectivity index is 1.42. The fourth-order valence-corrected chi connectivity index (χ4v) is 4.94. The van der Waals surface area contributed by atoms with Gasteiger partial charge in [0.2, 0.25) is 5.91 Å². The SMILES string of the molecule is CCOC(=O)c1c(SCc2cn(CC(=O)Nc3ccccc3)nn2)nnc(-c2ccccc2)c1-c1ccccc1. The van der Waals surface area contributed by atoms with Crippen LogP contribution in [0.5, 0.6) is 0 Å². The van der Waals surface area contributed by atoms with E-state index in [1.165, 1.54) is 16.4 Å². The zero-order chi connectivity index (χ0) is 27.7. The standard InChI is InChI=1S/C30H26N6O3S/c1-2-39-30(38)27-26(21-12-6-3-7-13-21)28(22-14-8-4-9-15-22)33-34-29(27)40-20-24-18-36(35-32-24)19-25(37)31-23-16-10-5-11-17-23/h3-18H,2,19-20H2,1H3,(H,31,37). The van der Waals surface area contributed by atoms with E-state index in [2.05, 4.69) is 25.8 Å². The highest BCUT2D eigenvalue weighted by Gasteiger charge is 2.26. The second kappa shape index (κ2) is 12.8. The van der Waals surface area contributed by atoms with Gasteiger partial charge < -0.3 is 10.1 Å². The van der Waals surface area contributed by atoms with E-state index in [-0.39, 0.29) is 19.1 Å². The van der Waals surface area contributed by atoms with Crippen molar-refractivity contribution < 1.29 is 14.3 Å². The van der Waals surface area contributed by atoms with E-state index in [0.717, 1.165) is 11.1 Å². The molecular formula is C30H26N6O3S. The molecule has 200 valence electrons. The van der Waals surface area contributed by atoms with Crippen LogP contribution in [0.15, 0.2) is 102 Å². The van der Waals surface area contributed by atoms with Gasteiger partial charge in [-0.05, 0) is 24.6 Å². The van der Waals surface area contributed by atoms with Crippen molar-refractivity contribution in [2.24, 2.45) is 0 Å². The number of para-hydroxylation sites is 1. The summed E-state index contributed by atoms with van der Waals surface area (Å²) in [7, 11) is 0. The van der Waals surface area contributed by atoms with E-state index < -0.39 is 5.97 Å². The molecule has 40 heavy (non-hydrogen) atoms. The van der Waals surface area contributed by atoms with Crippen LogP contribution in [0.25, 0.3) is 22.4 Å². The first-order chi connectivity index (χ1) is 19.6. The minimum absolute atomic E-state index is 0.0182. The molecule has 5 rings (SSSR count). The molecule has 0 aliphatic heterocycles. The lowest BCUT2D eigenvalue weighted by Gasteiger charge is -2.16. The van der Waals surface area contributed by atoms with Crippen molar-refractivity contribution in [3.8, 4) is 22.4 Å². The first-order valence-corrected chi connectivity index (χ1v) is 13.7. The molecular weight excluding hydrogens is 524 g/mol. The van der Waals surface area contributed by atoms with Gasteiger partial charge in [0.15, 0.2) is 0 Å². The lowest BCUT2D eigenvalue weighted by atomic mass is 9.96. The molecule has 0 radical (unpaired) electrons. The van der Waals surface area contributed by atoms with E-state index >= 15 is 0 Å². The highest BCUT2D eigenvalue weighted by Crippen LogP contribution is 2.38. The Kier molecular flexibility index (Phi) is 8.57. The first kappa shape index (κ1) is 26.8. The number of amides is 1. The van der Waals surface area contributed by atoms with E-state index in [9.17, 15) is 9.59 Å². The molecule has 0 spiro atoms. The van der Waals surface area contributed by atoms with Gasteiger partial charge in [0.1, 0.15) is 22.8 Å². The normalized spacial score (nSPS) is 10.7. The van der Waals surface area contributed by atoms with Gasteiger partial charge in [0.25, 0.3) is 0 Å². The molecule has 0 fully saturated rings. The van der Waals surface area contributed by atoms with Gasteiger partial charge in [0.05, 0.1) is 12.3 Å². The number of hydrogen-bond donors (Lipinski definition) is 1. The fourth-order valence-electron chi connectivity index (χ4n) is 4.09. The third kappa shape index (κ3) is 6.41. The topological polar surface area (TPSA) is 112 Å². The van der Waals surface area contributed by atoms with Gasteiger partial charge in [-0.2, -0.15) is 0 Å². The molecule has 0 aliphatic rings. The van der Waals surface area contributed by atoms with Crippen LogP contribution in [-0.4, -0.2) is 43.7 Å². The maximum absolute atomic E-state index is 13.4. The summed E-state index contributed by atoms with van der Waals surface area (Å²) in [5, 5.41) is 20.5. The Morgan fingerprint density at radius 2 is 1.50 bits per heavy atom. The summed E-state index contributed by atoms with van der Waals surface area (Å²) in [4.78, 5) is 25.7. The van der Waals surface area contributed by atoms with E-state index in [4.69, 9.17) is 4.74 Å². The number of esters is 1. The molecule has 9 nitrogen and oxygen atoms in total. The quantitative estimate of drug-likeness (QED) is 0.179. The summed E-state index contributed by atoms with van der Waals surface area (Å²) >= 11 is 1.31. The molecule has 10 heteroatoms. The number of aromatic nitrogens is 5. The largest absolute Gasteiger partial charge is 0.462 e. The van der Waals surface area contributed by atoms with Crippen molar-refractivity contribution in [2.75, 3.05) is 11.9 Å². The van der Waals surface area contributed by atoms with E-state index in [0.29, 0.717) is 39.0 Å². The Morgan fingerprint density at radius 1 is 0.850 bits per heavy atom. The summed E-state index contributed by atoms with van der Waals surface area (Å²) in [5.74, 6) is -0.327. The van der Waals surface area contributed by atoms with Gasteiger partial charge in [-0.25, -0.2) is 9.48 Å². The molecule has 0 saturated heterocycles. The number of hydrogen-bond acceptors (Lipinski definition) is 8. The number of thioether (sulfide) groups is 1. The van der Waals surface area contributed by atoms with Crippen molar-refractivity contribution in [3.05, 3.63) is 108 Å². The van der Waals surface area contributed by atoms with Crippen LogP contribution in [-0.2, 0) is 21.8 Å². The van der Waals surface area contributed by atoms with Crippen LogP contribution in [0, 0.1) is 0 Å². The average molecular weight is 551 g/mol. The van der Waals surface area contributed by atoms with E-state index in [1.54, 1.807) is 13.1 Å². The summed E-state index contributed by atoms with van der Waals surface area (Å²) in [6.07, 6.45) is 1.70. The number of ether oxygens (including phenoxy) is 1. The molecule has 2 heterocycles. The monoisotopic (exact) mass is 550 g/mol. The van der Waals surface area contributed by atoms with Gasteiger partial charge in [0, 0.05) is 28.8 Å². The summed E-state index contributed by atoms with van der Waals surface area (Å²) in [6, 6.07) is 28.5. The maximum Gasteiger partial charge on any atom is 0.341 e. The molecule has 1 N–H and O–H groups in total. The predicted octanol–water partition coefficient (Wildman–Crippen LogP) is 5.51. The van der Waals surface area contributed by atoms with Crippen molar-refractivity contribution in [1.29, 1.82) is 0 Å². The highest BCUT2D eigenvalue weighted by atomic mass is 32.2. The van der Waals surface area contributed by atoms with E-state index in [1.807, 2.05) is 91.0 Å². The number of benzene rings is 3. The second-order valence-electron chi connectivity index (χ2n) is 8.67. The minimum Gasteiger partial charge on any atom is -0.462 e. The minimum atomic E-state index is -0.475. The summed E-state index contributed by atoms with van der Waals surface area (Å²) in [5.41, 5.74) is 4.61. The number of anilines is 1. The van der Waals surface area contributed by atoms with Crippen molar-refractivity contribution in [2.45, 2.75) is 24.2 Å². The molecule has 5 aromatic rings. The number of carbonyl (C=O) groups is 2. The molecule has 0 saturated carbocycles. The maximum atomic E-state index is 13.4. The highest BCUT2D eigenvalue weighted by molar-refractivity contribution is 7.98. The fraction of sp³-hybridized carbons (Fsp3) is 0.133. The summed E-state index contributed by atoms with van der Waals surface area (Å²) < 4.78 is 6.95. The molecule has 2 aromatic heterocycles. The Bertz CT molecular complexity index is 1590. The van der Waals surface area contributed by atoms with Crippen molar-refractivity contribution >= 4 is 29.3 Å². The number of nitrogens with zero attached hydrogens (tertiary/aromatic N) is 5. The van der Waals surface area contributed by atoms with Crippen LogP contribution in [0.4, 0.5) is 5.69 Å². The Labute approximate surface area is 235 Å². The third-order valence-corrected chi connectivity index (χ3v) is 6.84. The van der Waals surface area contributed by atoms with Gasteiger partial charge in [-0.15, -0.1) is 15.3 Å². The van der Waals surface area contributed by atoms with Crippen LogP contribution in [0.3, 0.4) is 0 Å². The lowest BCUT2D eigenvalue weighted by molar-refractivity contribution is -0.116. The summed E-state index contributed by atoms with van der Waals surface area (Å²) in [6.45, 7) is 2.01. The first-order valence-electron chi connectivity index (χ1n) is 12.7. The molecule has 3 aromatic carbocycles. The average Bonchev–Trinajstić information content (AvgIpc) is 3.44. The molecule has 1 amide bonds. The number of nitrogens with one attached hydrogen (secondary N) is 1. The van der Waals surface area contributed by atoms with Crippen molar-refractivity contribution in [1.82, 2.24) is 25.2 Å². The van der Waals surface area contributed by atoms with Crippen LogP contribution in [0.2, 0.25) is 0 Å². The predicted molar refractivity (Wildman–Crippen MR) is 154 cm³/mol. The van der Waals surface area contributed by atoms with Gasteiger partial charge >= 0.3 is 5.97 Å². The Hall–Kier alpha value is -4.83. The number of carbonyl (C=O) groups excluding carboxylic acids is 2. The van der Waals surface area contributed by atoms with Gasteiger partial charge in [-0.1, -0.05) is 95.8 Å². The van der Waals surface area contributed by atoms with Gasteiger partial charge in [-0.3, -0.25) is 4.79 Å². The third-order valence-electron chi connectivity index (χ3n) is 5.84. The number of rotatable bonds is 10. The zero-order valence-corrected chi connectivity index (χ0v) is 22.5. The van der Waals surface area contributed by atoms with Crippen molar-refractivity contribution in [3.63, 3.8) is 0 Å². The smallest absolute Gasteiger partial charge is 0.341 e. The Morgan fingerprint density at radius 3 is 2.17 bits per heavy atom. The zero-order valence-electron chi connectivity index (χ0n) is 21.7. The molecule has 0 aliphatic carbocycles. The lowest BCUT2D eigenvalue weighted by Crippen LogP contribution is -2.19. The molecule has 0 unspecified atom stereocenters. The van der Waals surface area contributed by atoms with Crippen LogP contribution >= 0.6 is 11.8 Å².